The van der Waals surface area contributed by atoms with Gasteiger partial charge in [0.2, 0.25) is 11.8 Å². The predicted molar refractivity (Wildman–Crippen MR) is 81.2 cm³/mol. The third-order valence-electron chi connectivity index (χ3n) is 3.26. The van der Waals surface area contributed by atoms with Crippen LogP contribution in [0.5, 0.6) is 0 Å². The number of amides is 1. The lowest BCUT2D eigenvalue weighted by Crippen LogP contribution is -2.28. The third kappa shape index (κ3) is 2.73. The zero-order valence-corrected chi connectivity index (χ0v) is 12.0. The van der Waals surface area contributed by atoms with E-state index in [9.17, 15) is 4.79 Å². The molecule has 4 aromatic rings. The summed E-state index contributed by atoms with van der Waals surface area (Å²) >= 11 is 0. The second kappa shape index (κ2) is 5.48. The van der Waals surface area contributed by atoms with Gasteiger partial charge in [0.1, 0.15) is 17.6 Å². The molecule has 0 saturated heterocycles. The van der Waals surface area contributed by atoms with Gasteiger partial charge < -0.3 is 9.73 Å². The fourth-order valence-electron chi connectivity index (χ4n) is 2.22. The predicted octanol–water partition coefficient (Wildman–Crippen LogP) is 1.28. The van der Waals surface area contributed by atoms with E-state index in [2.05, 4.69) is 25.5 Å². The van der Waals surface area contributed by atoms with Gasteiger partial charge in [0.15, 0.2) is 11.2 Å². The number of carbonyl (C=O) groups is 1. The summed E-state index contributed by atoms with van der Waals surface area (Å²) in [6, 6.07) is 11.0. The Bertz CT molecular complexity index is 924. The topological polar surface area (TPSA) is 98.7 Å². The van der Waals surface area contributed by atoms with E-state index in [1.165, 1.54) is 4.80 Å². The number of nitrogens with one attached hydrogen (secondary N) is 1. The zero-order chi connectivity index (χ0) is 15.6. The summed E-state index contributed by atoms with van der Waals surface area (Å²) < 4.78 is 5.49. The molecular weight excluding hydrogens is 296 g/mol. The second-order valence-electron chi connectivity index (χ2n) is 4.93. The van der Waals surface area contributed by atoms with Crippen LogP contribution in [0.4, 0.5) is 0 Å². The van der Waals surface area contributed by atoms with E-state index in [0.717, 1.165) is 11.0 Å². The van der Waals surface area contributed by atoms with E-state index in [0.29, 0.717) is 17.1 Å². The van der Waals surface area contributed by atoms with Crippen molar-refractivity contribution in [1.82, 2.24) is 30.3 Å². The molecule has 0 radical (unpaired) electrons. The number of carbonyl (C=O) groups excluding carboxylic acids is 1. The van der Waals surface area contributed by atoms with Crippen LogP contribution < -0.4 is 5.32 Å². The Morgan fingerprint density at radius 3 is 2.65 bits per heavy atom. The Morgan fingerprint density at radius 1 is 1.13 bits per heavy atom. The van der Waals surface area contributed by atoms with Crippen LogP contribution in [0.3, 0.4) is 0 Å². The zero-order valence-electron chi connectivity index (χ0n) is 12.0. The Labute approximate surface area is 130 Å². The highest BCUT2D eigenvalue weighted by Crippen LogP contribution is 2.11. The minimum absolute atomic E-state index is 0.0349. The van der Waals surface area contributed by atoms with Crippen LogP contribution in [-0.2, 0) is 17.9 Å². The average Bonchev–Trinajstić information content (AvgIpc) is 3.15. The van der Waals surface area contributed by atoms with Gasteiger partial charge in [0, 0.05) is 6.20 Å². The highest BCUT2D eigenvalue weighted by molar-refractivity contribution is 5.77. The molecule has 0 spiro atoms. The van der Waals surface area contributed by atoms with E-state index in [-0.39, 0.29) is 19.0 Å². The van der Waals surface area contributed by atoms with E-state index >= 15 is 0 Å². The van der Waals surface area contributed by atoms with Crippen molar-refractivity contribution in [1.29, 1.82) is 0 Å². The molecule has 0 bridgehead atoms. The molecule has 3 aromatic heterocycles. The summed E-state index contributed by atoms with van der Waals surface area (Å²) in [6.07, 6.45) is 1.64. The van der Waals surface area contributed by atoms with Crippen LogP contribution in [0, 0.1) is 0 Å². The Morgan fingerprint density at radius 2 is 1.91 bits per heavy atom. The van der Waals surface area contributed by atoms with Crippen LogP contribution >= 0.6 is 0 Å². The number of aromatic nitrogens is 5. The maximum Gasteiger partial charge on any atom is 0.244 e. The fraction of sp³-hybridized carbons (Fsp3) is 0.133. The number of fused-ring (bicyclic) bond motifs is 2. The standard InChI is InChI=1S/C15H12N6O2/c22-13(9-21-19-10-4-1-2-5-11(10)20-21)17-8-14-18-15-12(23-14)6-3-7-16-15/h1-7H,8-9H2,(H,17,22). The first-order valence-electron chi connectivity index (χ1n) is 7.05. The van der Waals surface area contributed by atoms with Gasteiger partial charge in [-0.3, -0.25) is 4.79 Å². The summed E-state index contributed by atoms with van der Waals surface area (Å²) in [5.74, 6) is 0.186. The van der Waals surface area contributed by atoms with Crippen molar-refractivity contribution in [3.63, 3.8) is 0 Å². The molecule has 0 atom stereocenters. The van der Waals surface area contributed by atoms with Crippen molar-refractivity contribution >= 4 is 28.2 Å². The first kappa shape index (κ1) is 13.4. The van der Waals surface area contributed by atoms with Crippen molar-refractivity contribution in [2.45, 2.75) is 13.1 Å². The molecule has 23 heavy (non-hydrogen) atoms. The number of nitrogens with zero attached hydrogens (tertiary/aromatic N) is 5. The summed E-state index contributed by atoms with van der Waals surface area (Å²) in [5, 5.41) is 11.2. The van der Waals surface area contributed by atoms with E-state index in [4.69, 9.17) is 4.42 Å². The number of rotatable bonds is 4. The summed E-state index contributed by atoms with van der Waals surface area (Å²) in [5.41, 5.74) is 2.63. The number of hydrogen-bond donors (Lipinski definition) is 1. The quantitative estimate of drug-likeness (QED) is 0.610. The minimum Gasteiger partial charge on any atom is -0.437 e. The van der Waals surface area contributed by atoms with Crippen LogP contribution in [-0.4, -0.2) is 30.9 Å². The molecule has 8 heteroatoms. The van der Waals surface area contributed by atoms with E-state index in [1.54, 1.807) is 18.3 Å². The van der Waals surface area contributed by atoms with Gasteiger partial charge in [-0.15, -0.1) is 0 Å². The van der Waals surface area contributed by atoms with Gasteiger partial charge in [-0.05, 0) is 24.3 Å². The van der Waals surface area contributed by atoms with Gasteiger partial charge in [-0.25, -0.2) is 4.98 Å². The van der Waals surface area contributed by atoms with Gasteiger partial charge in [0.05, 0.1) is 6.54 Å². The maximum absolute atomic E-state index is 12.0. The number of oxazole rings is 1. The molecule has 0 aliphatic heterocycles. The van der Waals surface area contributed by atoms with Crippen LogP contribution in [0.1, 0.15) is 5.89 Å². The number of hydrogen-bond acceptors (Lipinski definition) is 6. The molecule has 0 fully saturated rings. The molecule has 1 aromatic carbocycles. The molecule has 8 nitrogen and oxygen atoms in total. The maximum atomic E-state index is 12.0. The van der Waals surface area contributed by atoms with E-state index in [1.807, 2.05) is 24.3 Å². The van der Waals surface area contributed by atoms with Gasteiger partial charge in [-0.2, -0.15) is 20.0 Å². The normalized spacial score (nSPS) is 11.1. The summed E-state index contributed by atoms with van der Waals surface area (Å²) in [7, 11) is 0. The Hall–Kier alpha value is -3.29. The first-order valence-corrected chi connectivity index (χ1v) is 7.05. The minimum atomic E-state index is -0.222. The summed E-state index contributed by atoms with van der Waals surface area (Å²) in [4.78, 5) is 21.6. The Balaban J connectivity index is 1.41. The van der Waals surface area contributed by atoms with Crippen LogP contribution in [0.25, 0.3) is 22.3 Å². The molecule has 1 N–H and O–H groups in total. The lowest BCUT2D eigenvalue weighted by Gasteiger charge is -2.01. The highest BCUT2D eigenvalue weighted by atomic mass is 16.3. The molecule has 4 rings (SSSR count). The Kier molecular flexibility index (Phi) is 3.19. The molecule has 0 aliphatic rings. The smallest absolute Gasteiger partial charge is 0.244 e. The summed E-state index contributed by atoms with van der Waals surface area (Å²) in [6.45, 7) is 0.225. The SMILES string of the molecule is O=C(Cn1nc2ccccc2n1)NCc1nc2ncccc2o1. The average molecular weight is 308 g/mol. The third-order valence-corrected chi connectivity index (χ3v) is 3.26. The van der Waals surface area contributed by atoms with Crippen molar-refractivity contribution in [2.75, 3.05) is 0 Å². The molecule has 1 amide bonds. The highest BCUT2D eigenvalue weighted by Gasteiger charge is 2.10. The molecule has 0 saturated carbocycles. The molecule has 0 aliphatic carbocycles. The lowest BCUT2D eigenvalue weighted by atomic mass is 10.3. The largest absolute Gasteiger partial charge is 0.437 e. The molecule has 114 valence electrons. The van der Waals surface area contributed by atoms with Crippen molar-refractivity contribution in [2.24, 2.45) is 0 Å². The fourth-order valence-corrected chi connectivity index (χ4v) is 2.22. The van der Waals surface area contributed by atoms with Gasteiger partial charge in [0.25, 0.3) is 0 Å². The number of pyridine rings is 1. The van der Waals surface area contributed by atoms with Crippen molar-refractivity contribution in [3.8, 4) is 0 Å². The molecule has 0 unspecified atom stereocenters. The van der Waals surface area contributed by atoms with Crippen molar-refractivity contribution < 1.29 is 9.21 Å². The van der Waals surface area contributed by atoms with Crippen LogP contribution in [0.15, 0.2) is 47.0 Å². The number of benzene rings is 1. The van der Waals surface area contributed by atoms with Crippen molar-refractivity contribution in [3.05, 3.63) is 48.5 Å². The first-order chi connectivity index (χ1) is 11.3. The molecule has 3 heterocycles. The lowest BCUT2D eigenvalue weighted by molar-refractivity contribution is -0.122. The monoisotopic (exact) mass is 308 g/mol. The second-order valence-corrected chi connectivity index (χ2v) is 4.93. The van der Waals surface area contributed by atoms with E-state index < -0.39 is 0 Å². The van der Waals surface area contributed by atoms with Crippen LogP contribution in [0.2, 0.25) is 0 Å². The van der Waals surface area contributed by atoms with Gasteiger partial charge in [-0.1, -0.05) is 12.1 Å². The van der Waals surface area contributed by atoms with Gasteiger partial charge >= 0.3 is 0 Å². The molecular formula is C15H12N6O2.